The monoisotopic (exact) mass is 363 g/mol. The molecule has 1 N–H and O–H groups in total. The highest BCUT2D eigenvalue weighted by Crippen LogP contribution is 2.18. The number of thioether (sulfide) groups is 1. The molecule has 1 aliphatic rings. The predicted molar refractivity (Wildman–Crippen MR) is 98.7 cm³/mol. The summed E-state index contributed by atoms with van der Waals surface area (Å²) in [6.07, 6.45) is 3.19. The maximum absolute atomic E-state index is 12.4. The fourth-order valence-electron chi connectivity index (χ4n) is 2.62. The van der Waals surface area contributed by atoms with Crippen molar-refractivity contribution in [2.75, 3.05) is 11.5 Å². The first-order valence-corrected chi connectivity index (χ1v) is 9.56. The Morgan fingerprint density at radius 2 is 2.12 bits per heavy atom. The van der Waals surface area contributed by atoms with Gasteiger partial charge in [0.15, 0.2) is 0 Å². The van der Waals surface area contributed by atoms with Crippen LogP contribution in [0, 0.1) is 5.92 Å². The molecule has 3 heterocycles. The summed E-state index contributed by atoms with van der Waals surface area (Å²) < 4.78 is 5.10. The molecule has 0 radical (unpaired) electrons. The van der Waals surface area contributed by atoms with E-state index in [2.05, 4.69) is 29.0 Å². The standard InChI is InChI=1S/C17H21N3O4S/c1-10(2)3-4-11-9-13(21)23-16-14(11)15(22)18-17(19-16)24-20-12-5-7-25-8-6-12/h9-10H,3-8H2,1-2H3,(H,18,19,22). The molecule has 0 saturated carbocycles. The molecule has 7 nitrogen and oxygen atoms in total. The predicted octanol–water partition coefficient (Wildman–Crippen LogP) is 2.73. The number of aromatic nitrogens is 2. The summed E-state index contributed by atoms with van der Waals surface area (Å²) in [7, 11) is 0. The molecular weight excluding hydrogens is 342 g/mol. The average molecular weight is 363 g/mol. The number of aromatic amines is 1. The lowest BCUT2D eigenvalue weighted by Gasteiger charge is -2.11. The molecule has 0 amide bonds. The van der Waals surface area contributed by atoms with E-state index < -0.39 is 5.63 Å². The minimum atomic E-state index is -0.522. The molecule has 0 atom stereocenters. The Kier molecular flexibility index (Phi) is 5.57. The fourth-order valence-corrected chi connectivity index (χ4v) is 3.58. The number of oxime groups is 1. The molecule has 3 rings (SSSR count). The molecule has 0 aromatic carbocycles. The zero-order valence-corrected chi connectivity index (χ0v) is 15.1. The van der Waals surface area contributed by atoms with Crippen molar-refractivity contribution in [2.45, 2.75) is 39.5 Å². The first-order chi connectivity index (χ1) is 12.0. The van der Waals surface area contributed by atoms with E-state index in [1.165, 1.54) is 6.07 Å². The third-order valence-electron chi connectivity index (χ3n) is 4.00. The Labute approximate surface area is 148 Å². The van der Waals surface area contributed by atoms with Crippen molar-refractivity contribution in [1.29, 1.82) is 0 Å². The highest BCUT2D eigenvalue weighted by atomic mass is 32.2. The Hall–Kier alpha value is -2.09. The molecule has 2 aromatic rings. The summed E-state index contributed by atoms with van der Waals surface area (Å²) >= 11 is 1.87. The summed E-state index contributed by atoms with van der Waals surface area (Å²) in [5.41, 5.74) is 0.668. The van der Waals surface area contributed by atoms with Crippen molar-refractivity contribution < 1.29 is 9.25 Å². The molecule has 8 heteroatoms. The second-order valence-electron chi connectivity index (χ2n) is 6.44. The third-order valence-corrected chi connectivity index (χ3v) is 4.98. The average Bonchev–Trinajstić information content (AvgIpc) is 2.58. The van der Waals surface area contributed by atoms with E-state index in [1.807, 2.05) is 11.8 Å². The SMILES string of the molecule is CC(C)CCc1cc(=O)oc2nc(ON=C3CCSCC3)[nH]c(=O)c12. The first-order valence-electron chi connectivity index (χ1n) is 8.40. The second kappa shape index (κ2) is 7.86. The summed E-state index contributed by atoms with van der Waals surface area (Å²) in [4.78, 5) is 36.2. The smallest absolute Gasteiger partial charge is 0.337 e. The lowest BCUT2D eigenvalue weighted by molar-refractivity contribution is 0.309. The number of H-pyrrole nitrogens is 1. The molecule has 1 fully saturated rings. The second-order valence-corrected chi connectivity index (χ2v) is 7.66. The molecule has 134 valence electrons. The van der Waals surface area contributed by atoms with Gasteiger partial charge in [0.1, 0.15) is 5.39 Å². The van der Waals surface area contributed by atoms with Crippen LogP contribution in [0.2, 0.25) is 0 Å². The third kappa shape index (κ3) is 4.50. The number of nitrogens with zero attached hydrogens (tertiary/aromatic N) is 2. The first kappa shape index (κ1) is 17.7. The quantitative estimate of drug-likeness (QED) is 0.820. The molecule has 0 spiro atoms. The van der Waals surface area contributed by atoms with Gasteiger partial charge in [0.2, 0.25) is 5.71 Å². The van der Waals surface area contributed by atoms with Gasteiger partial charge in [-0.05, 0) is 48.7 Å². The van der Waals surface area contributed by atoms with Gasteiger partial charge in [-0.25, -0.2) is 4.79 Å². The van der Waals surface area contributed by atoms with E-state index in [-0.39, 0.29) is 17.3 Å². The van der Waals surface area contributed by atoms with Crippen LogP contribution in [0.5, 0.6) is 6.01 Å². The molecule has 1 aliphatic heterocycles. The van der Waals surface area contributed by atoms with Gasteiger partial charge >= 0.3 is 11.6 Å². The molecule has 25 heavy (non-hydrogen) atoms. The molecule has 1 saturated heterocycles. The maximum Gasteiger partial charge on any atom is 0.337 e. The highest BCUT2D eigenvalue weighted by Gasteiger charge is 2.14. The van der Waals surface area contributed by atoms with Crippen LogP contribution in [0.15, 0.2) is 25.2 Å². The highest BCUT2D eigenvalue weighted by molar-refractivity contribution is 7.99. The van der Waals surface area contributed by atoms with Gasteiger partial charge < -0.3 is 9.25 Å². The van der Waals surface area contributed by atoms with Gasteiger partial charge in [-0.15, -0.1) is 0 Å². The number of fused-ring (bicyclic) bond motifs is 1. The largest absolute Gasteiger partial charge is 0.403 e. The van der Waals surface area contributed by atoms with E-state index in [1.54, 1.807) is 0 Å². The fraction of sp³-hybridized carbons (Fsp3) is 0.529. The van der Waals surface area contributed by atoms with Crippen LogP contribution in [0.25, 0.3) is 11.1 Å². The summed E-state index contributed by atoms with van der Waals surface area (Å²) in [5, 5.41) is 4.36. The van der Waals surface area contributed by atoms with Crippen LogP contribution in [-0.2, 0) is 6.42 Å². The molecule has 0 aliphatic carbocycles. The van der Waals surface area contributed by atoms with Gasteiger partial charge in [-0.1, -0.05) is 19.0 Å². The number of aryl methyl sites for hydroxylation is 1. The topological polar surface area (TPSA) is 97.5 Å². The van der Waals surface area contributed by atoms with Crippen molar-refractivity contribution in [3.8, 4) is 6.01 Å². The Balaban J connectivity index is 1.93. The van der Waals surface area contributed by atoms with E-state index in [0.29, 0.717) is 23.3 Å². The van der Waals surface area contributed by atoms with E-state index in [9.17, 15) is 9.59 Å². The summed E-state index contributed by atoms with van der Waals surface area (Å²) in [6.45, 7) is 4.18. The number of hydrogen-bond acceptors (Lipinski definition) is 7. The molecule has 2 aromatic heterocycles. The van der Waals surface area contributed by atoms with Gasteiger partial charge in [0.25, 0.3) is 5.56 Å². The Morgan fingerprint density at radius 3 is 2.84 bits per heavy atom. The van der Waals surface area contributed by atoms with Crippen LogP contribution in [0.1, 0.15) is 38.7 Å². The van der Waals surface area contributed by atoms with Crippen LogP contribution < -0.4 is 16.0 Å². The minimum absolute atomic E-state index is 0.00981. The van der Waals surface area contributed by atoms with Crippen LogP contribution >= 0.6 is 11.8 Å². The molecular formula is C17H21N3O4S. The van der Waals surface area contributed by atoms with Crippen LogP contribution in [0.4, 0.5) is 0 Å². The van der Waals surface area contributed by atoms with Gasteiger partial charge in [0.05, 0.1) is 5.71 Å². The zero-order valence-electron chi connectivity index (χ0n) is 14.3. The van der Waals surface area contributed by atoms with E-state index >= 15 is 0 Å². The molecule has 0 unspecified atom stereocenters. The van der Waals surface area contributed by atoms with Gasteiger partial charge in [-0.2, -0.15) is 16.7 Å². The van der Waals surface area contributed by atoms with Crippen molar-refractivity contribution in [3.05, 3.63) is 32.4 Å². The zero-order chi connectivity index (χ0) is 17.8. The lowest BCUT2D eigenvalue weighted by Crippen LogP contribution is -2.16. The Morgan fingerprint density at radius 1 is 1.36 bits per heavy atom. The number of rotatable bonds is 5. The van der Waals surface area contributed by atoms with Gasteiger partial charge in [-0.3, -0.25) is 9.78 Å². The summed E-state index contributed by atoms with van der Waals surface area (Å²) in [6, 6.07) is 1.30. The van der Waals surface area contributed by atoms with Crippen molar-refractivity contribution in [2.24, 2.45) is 11.1 Å². The summed E-state index contributed by atoms with van der Waals surface area (Å²) in [5.74, 6) is 2.48. The van der Waals surface area contributed by atoms with E-state index in [4.69, 9.17) is 9.25 Å². The normalized spacial score (nSPS) is 14.9. The number of hydrogen-bond donors (Lipinski definition) is 1. The van der Waals surface area contributed by atoms with Crippen molar-refractivity contribution >= 4 is 28.6 Å². The van der Waals surface area contributed by atoms with Gasteiger partial charge in [0, 0.05) is 6.07 Å². The van der Waals surface area contributed by atoms with Crippen LogP contribution in [0.3, 0.4) is 0 Å². The molecule has 0 bridgehead atoms. The van der Waals surface area contributed by atoms with Crippen molar-refractivity contribution in [3.63, 3.8) is 0 Å². The van der Waals surface area contributed by atoms with Crippen LogP contribution in [-0.4, -0.2) is 27.2 Å². The Bertz CT molecular complexity index is 893. The maximum atomic E-state index is 12.4. The number of nitrogens with one attached hydrogen (secondary N) is 1. The minimum Gasteiger partial charge on any atom is -0.403 e. The van der Waals surface area contributed by atoms with Crippen molar-refractivity contribution in [1.82, 2.24) is 9.97 Å². The van der Waals surface area contributed by atoms with E-state index in [0.717, 1.165) is 36.5 Å². The lowest BCUT2D eigenvalue weighted by atomic mass is 10.0.